The molecule has 2 fully saturated rings. The number of hydrogen-bond acceptors (Lipinski definition) is 4. The number of nitrogens with zero attached hydrogens (tertiary/aromatic N) is 3. The van der Waals surface area contributed by atoms with Crippen molar-refractivity contribution in [1.29, 1.82) is 0 Å². The molecular weight excluding hydrogens is 348 g/mol. The maximum Gasteiger partial charge on any atom is 0.241 e. The molecule has 1 N–H and O–H groups in total. The van der Waals surface area contributed by atoms with Gasteiger partial charge in [0, 0.05) is 37.4 Å². The Balaban J connectivity index is 1.40. The molecule has 0 spiro atoms. The minimum absolute atomic E-state index is 0.0879. The third-order valence-electron chi connectivity index (χ3n) is 6.10. The molecule has 5 nitrogen and oxygen atoms in total. The average molecular weight is 379 g/mol. The van der Waals surface area contributed by atoms with Crippen molar-refractivity contribution in [2.45, 2.75) is 44.7 Å². The Kier molecular flexibility index (Phi) is 5.74. The molecule has 0 unspecified atom stereocenters. The minimum Gasteiger partial charge on any atom is -0.325 e. The minimum atomic E-state index is -0.0879. The number of carbonyl (C=O) groups is 1. The molecule has 5 heteroatoms. The van der Waals surface area contributed by atoms with Gasteiger partial charge in [0.25, 0.3) is 0 Å². The second-order valence-electron chi connectivity index (χ2n) is 8.28. The topological polar surface area (TPSA) is 48.5 Å². The van der Waals surface area contributed by atoms with Crippen LogP contribution in [-0.2, 0) is 11.3 Å². The lowest BCUT2D eigenvalue weighted by molar-refractivity contribution is -0.122. The van der Waals surface area contributed by atoms with Gasteiger partial charge in [-0.25, -0.2) is 0 Å². The summed E-state index contributed by atoms with van der Waals surface area (Å²) in [5.74, 6) is 0.731. The van der Waals surface area contributed by atoms with Crippen molar-refractivity contribution in [3.8, 4) is 0 Å². The van der Waals surface area contributed by atoms with Gasteiger partial charge < -0.3 is 10.2 Å². The summed E-state index contributed by atoms with van der Waals surface area (Å²) in [5, 5.41) is 3.14. The number of pyridine rings is 1. The molecule has 0 aliphatic carbocycles. The second kappa shape index (κ2) is 8.41. The number of likely N-dealkylation sites (N-methyl/N-ethyl adjacent to an activating group) is 1. The number of nitrogens with one attached hydrogen (secondary N) is 1. The predicted molar refractivity (Wildman–Crippen MR) is 112 cm³/mol. The third-order valence-corrected chi connectivity index (χ3v) is 6.10. The number of anilines is 1. The highest BCUT2D eigenvalue weighted by Gasteiger charge is 2.29. The Bertz CT molecular complexity index is 814. The predicted octanol–water partition coefficient (Wildman–Crippen LogP) is 3.41. The highest BCUT2D eigenvalue weighted by atomic mass is 16.2. The van der Waals surface area contributed by atoms with Crippen LogP contribution in [-0.4, -0.2) is 53.4 Å². The summed E-state index contributed by atoms with van der Waals surface area (Å²) < 4.78 is 0. The van der Waals surface area contributed by atoms with Crippen LogP contribution in [0.1, 0.15) is 42.0 Å². The van der Waals surface area contributed by atoms with Crippen LogP contribution in [0.5, 0.6) is 0 Å². The number of likely N-dealkylation sites (tertiary alicyclic amines) is 2. The monoisotopic (exact) mass is 378 g/mol. The number of aromatic nitrogens is 1. The molecule has 4 rings (SSSR count). The van der Waals surface area contributed by atoms with E-state index in [0.717, 1.165) is 56.8 Å². The van der Waals surface area contributed by atoms with Gasteiger partial charge in [-0.15, -0.1) is 0 Å². The van der Waals surface area contributed by atoms with E-state index < -0.39 is 0 Å². The fourth-order valence-corrected chi connectivity index (χ4v) is 4.33. The lowest BCUT2D eigenvalue weighted by Gasteiger charge is -2.36. The summed E-state index contributed by atoms with van der Waals surface area (Å²) in [6, 6.07) is 12.4. The molecule has 0 saturated carbocycles. The van der Waals surface area contributed by atoms with E-state index in [0.29, 0.717) is 5.92 Å². The van der Waals surface area contributed by atoms with Gasteiger partial charge in [0.15, 0.2) is 0 Å². The fraction of sp³-hybridized carbons (Fsp3) is 0.478. The van der Waals surface area contributed by atoms with E-state index in [4.69, 9.17) is 0 Å². The van der Waals surface area contributed by atoms with Gasteiger partial charge >= 0.3 is 0 Å². The van der Waals surface area contributed by atoms with Crippen LogP contribution in [0.3, 0.4) is 0 Å². The molecule has 2 aliphatic heterocycles. The summed E-state index contributed by atoms with van der Waals surface area (Å²) in [5.41, 5.74) is 4.50. The number of hydrogen-bond donors (Lipinski definition) is 1. The molecule has 2 aromatic rings. The molecule has 148 valence electrons. The van der Waals surface area contributed by atoms with E-state index in [-0.39, 0.29) is 11.9 Å². The van der Waals surface area contributed by atoms with E-state index in [2.05, 4.69) is 52.3 Å². The largest absolute Gasteiger partial charge is 0.325 e. The quantitative estimate of drug-likeness (QED) is 0.866. The molecule has 1 atom stereocenters. The number of carbonyl (C=O) groups excluding carboxylic acids is 1. The first kappa shape index (κ1) is 19.1. The van der Waals surface area contributed by atoms with Crippen molar-refractivity contribution < 1.29 is 4.79 Å². The van der Waals surface area contributed by atoms with Crippen molar-refractivity contribution in [2.75, 3.05) is 32.0 Å². The van der Waals surface area contributed by atoms with Crippen LogP contribution in [0.15, 0.2) is 42.6 Å². The number of piperidine rings is 1. The van der Waals surface area contributed by atoms with E-state index in [1.54, 1.807) is 0 Å². The van der Waals surface area contributed by atoms with Gasteiger partial charge in [-0.05, 0) is 62.7 Å². The third kappa shape index (κ3) is 4.26. The van der Waals surface area contributed by atoms with Crippen molar-refractivity contribution >= 4 is 11.6 Å². The SMILES string of the molecule is Cc1cccnc1CN1CCCC[C@@H]1C(=O)Nc1ccc(C2CN(C)C2)cc1. The van der Waals surface area contributed by atoms with E-state index in [1.807, 2.05) is 24.4 Å². The van der Waals surface area contributed by atoms with Crippen LogP contribution in [0.2, 0.25) is 0 Å². The molecule has 28 heavy (non-hydrogen) atoms. The maximum atomic E-state index is 13.0. The normalized spacial score (nSPS) is 21.3. The Morgan fingerprint density at radius 1 is 1.18 bits per heavy atom. The van der Waals surface area contributed by atoms with Crippen molar-refractivity contribution in [2.24, 2.45) is 0 Å². The Morgan fingerprint density at radius 2 is 1.96 bits per heavy atom. The maximum absolute atomic E-state index is 13.0. The number of amides is 1. The summed E-state index contributed by atoms with van der Waals surface area (Å²) in [4.78, 5) is 22.1. The molecule has 1 aromatic carbocycles. The highest BCUT2D eigenvalue weighted by molar-refractivity contribution is 5.94. The van der Waals surface area contributed by atoms with Crippen molar-refractivity contribution in [1.82, 2.24) is 14.8 Å². The van der Waals surface area contributed by atoms with Gasteiger partial charge in [0.1, 0.15) is 0 Å². The van der Waals surface area contributed by atoms with E-state index in [9.17, 15) is 4.79 Å². The van der Waals surface area contributed by atoms with Gasteiger partial charge in [0.2, 0.25) is 5.91 Å². The van der Waals surface area contributed by atoms with Crippen LogP contribution in [0, 0.1) is 6.92 Å². The zero-order valence-corrected chi connectivity index (χ0v) is 16.9. The first-order valence-corrected chi connectivity index (χ1v) is 10.3. The summed E-state index contributed by atoms with van der Waals surface area (Å²) >= 11 is 0. The molecule has 1 amide bonds. The Morgan fingerprint density at radius 3 is 2.68 bits per heavy atom. The molecule has 1 aromatic heterocycles. The van der Waals surface area contributed by atoms with Gasteiger partial charge in [-0.1, -0.05) is 24.6 Å². The molecule has 3 heterocycles. The number of aryl methyl sites for hydroxylation is 1. The van der Waals surface area contributed by atoms with Crippen LogP contribution in [0.25, 0.3) is 0 Å². The van der Waals surface area contributed by atoms with Gasteiger partial charge in [-0.3, -0.25) is 14.7 Å². The van der Waals surface area contributed by atoms with Gasteiger partial charge in [-0.2, -0.15) is 0 Å². The first-order chi connectivity index (χ1) is 13.6. The smallest absolute Gasteiger partial charge is 0.241 e. The van der Waals surface area contributed by atoms with Crippen LogP contribution >= 0.6 is 0 Å². The second-order valence-corrected chi connectivity index (χ2v) is 8.28. The molecular formula is C23H30N4O. The Labute approximate surface area is 167 Å². The van der Waals surface area contributed by atoms with E-state index in [1.165, 1.54) is 11.1 Å². The average Bonchev–Trinajstić information content (AvgIpc) is 2.68. The zero-order chi connectivity index (χ0) is 19.5. The summed E-state index contributed by atoms with van der Waals surface area (Å²) in [6.07, 6.45) is 4.98. The van der Waals surface area contributed by atoms with Crippen molar-refractivity contribution in [3.05, 3.63) is 59.4 Å². The standard InChI is InChI=1S/C23H30N4O/c1-17-6-5-12-24-21(17)16-27-13-4-3-7-22(27)23(28)25-20-10-8-18(9-11-20)19-14-26(2)15-19/h5-6,8-12,19,22H,3-4,7,13-16H2,1-2H3,(H,25,28)/t22-/m1/s1. The van der Waals surface area contributed by atoms with Crippen molar-refractivity contribution in [3.63, 3.8) is 0 Å². The highest BCUT2D eigenvalue weighted by Crippen LogP contribution is 2.27. The summed E-state index contributed by atoms with van der Waals surface area (Å²) in [7, 11) is 2.15. The number of rotatable bonds is 5. The van der Waals surface area contributed by atoms with Crippen LogP contribution in [0.4, 0.5) is 5.69 Å². The lowest BCUT2D eigenvalue weighted by atomic mass is 9.92. The first-order valence-electron chi connectivity index (χ1n) is 10.3. The Hall–Kier alpha value is -2.24. The molecule has 0 radical (unpaired) electrons. The molecule has 2 saturated heterocycles. The zero-order valence-electron chi connectivity index (χ0n) is 16.9. The summed E-state index contributed by atoms with van der Waals surface area (Å²) in [6.45, 7) is 6.01. The van der Waals surface area contributed by atoms with Gasteiger partial charge in [0.05, 0.1) is 11.7 Å². The molecule has 2 aliphatic rings. The lowest BCUT2D eigenvalue weighted by Crippen LogP contribution is -2.46. The number of benzene rings is 1. The van der Waals surface area contributed by atoms with E-state index >= 15 is 0 Å². The van der Waals surface area contributed by atoms with Crippen LogP contribution < -0.4 is 5.32 Å². The molecule has 0 bridgehead atoms. The fourth-order valence-electron chi connectivity index (χ4n) is 4.33.